The van der Waals surface area contributed by atoms with Gasteiger partial charge in [0, 0.05) is 18.5 Å². The molecule has 0 radical (unpaired) electrons. The summed E-state index contributed by atoms with van der Waals surface area (Å²) in [6, 6.07) is 0.00751. The van der Waals surface area contributed by atoms with E-state index in [0.29, 0.717) is 5.13 Å². The topological polar surface area (TPSA) is 94.6 Å². The number of carbonyl (C=O) groups is 2. The van der Waals surface area contributed by atoms with Crippen molar-refractivity contribution in [2.24, 2.45) is 11.8 Å². The van der Waals surface area contributed by atoms with Crippen LogP contribution in [-0.2, 0) is 4.79 Å². The van der Waals surface area contributed by atoms with E-state index in [1.165, 1.54) is 24.2 Å². The fraction of sp³-hybridized carbons (Fsp3) is 0.706. The third-order valence-electron chi connectivity index (χ3n) is 4.95. The average molecular weight is 422 g/mol. The highest BCUT2D eigenvalue weighted by Crippen LogP contribution is 2.31. The zero-order valence-electron chi connectivity index (χ0n) is 15.6. The molecule has 1 aromatic rings. The van der Waals surface area contributed by atoms with E-state index >= 15 is 0 Å². The molecule has 0 unspecified atom stereocenters. The number of nitrogens with one attached hydrogen (secondary N) is 2. The lowest BCUT2D eigenvalue weighted by molar-refractivity contribution is -0.192. The van der Waals surface area contributed by atoms with Gasteiger partial charge in [0.1, 0.15) is 0 Å². The zero-order chi connectivity index (χ0) is 20.7. The maximum absolute atomic E-state index is 12.2. The van der Waals surface area contributed by atoms with Crippen molar-refractivity contribution in [3.63, 3.8) is 0 Å². The second-order valence-electron chi connectivity index (χ2n) is 6.94. The quantitative estimate of drug-likeness (QED) is 0.680. The predicted octanol–water partition coefficient (Wildman–Crippen LogP) is 3.33. The van der Waals surface area contributed by atoms with E-state index in [1.807, 2.05) is 17.2 Å². The van der Waals surface area contributed by atoms with Crippen molar-refractivity contribution in [2.45, 2.75) is 38.8 Å². The lowest BCUT2D eigenvalue weighted by Crippen LogP contribution is -2.43. The van der Waals surface area contributed by atoms with E-state index in [-0.39, 0.29) is 6.03 Å². The van der Waals surface area contributed by atoms with E-state index in [0.717, 1.165) is 56.6 Å². The Bertz CT molecular complexity index is 654. The second kappa shape index (κ2) is 10.1. The van der Waals surface area contributed by atoms with Gasteiger partial charge in [-0.2, -0.15) is 13.2 Å². The minimum atomic E-state index is -5.08. The number of aryl methyl sites for hydroxylation is 1. The number of aliphatic carboxylic acids is 1. The van der Waals surface area contributed by atoms with Crippen molar-refractivity contribution in [3.8, 4) is 0 Å². The number of nitrogens with zero attached hydrogens (tertiary/aromatic N) is 2. The van der Waals surface area contributed by atoms with E-state index in [9.17, 15) is 18.0 Å². The first kappa shape index (κ1) is 22.4. The number of urea groups is 1. The van der Waals surface area contributed by atoms with E-state index in [4.69, 9.17) is 9.90 Å². The monoisotopic (exact) mass is 422 g/mol. The number of alkyl halides is 3. The molecule has 2 fully saturated rings. The molecule has 0 atom stereocenters. The Morgan fingerprint density at radius 3 is 2.21 bits per heavy atom. The van der Waals surface area contributed by atoms with Crippen LogP contribution in [0.2, 0.25) is 0 Å². The van der Waals surface area contributed by atoms with Gasteiger partial charge in [0.05, 0.1) is 5.69 Å². The summed E-state index contributed by atoms with van der Waals surface area (Å²) in [6.45, 7) is 6.02. The molecule has 2 aliphatic rings. The molecule has 0 aromatic carbocycles. The molecule has 0 bridgehead atoms. The number of rotatable bonds is 2. The Balaban J connectivity index is 0.000000345. The number of carboxylic acid groups (broad SMARTS) is 1. The average Bonchev–Trinajstić information content (AvgIpc) is 3.07. The maximum Gasteiger partial charge on any atom is 0.490 e. The molecular formula is C17H25F3N4O3S. The molecule has 0 spiro atoms. The summed E-state index contributed by atoms with van der Waals surface area (Å²) in [4.78, 5) is 27.4. The van der Waals surface area contributed by atoms with Gasteiger partial charge in [-0.15, -0.1) is 11.3 Å². The van der Waals surface area contributed by atoms with Gasteiger partial charge >= 0.3 is 18.2 Å². The van der Waals surface area contributed by atoms with Gasteiger partial charge in [-0.05, 0) is 57.5 Å². The van der Waals surface area contributed by atoms with Gasteiger partial charge in [0.25, 0.3) is 0 Å². The number of amides is 2. The van der Waals surface area contributed by atoms with Crippen LogP contribution in [0.4, 0.5) is 23.1 Å². The maximum atomic E-state index is 12.2. The lowest BCUT2D eigenvalue weighted by Gasteiger charge is -2.37. The molecule has 28 heavy (non-hydrogen) atoms. The highest BCUT2D eigenvalue weighted by Gasteiger charge is 2.38. The largest absolute Gasteiger partial charge is 0.490 e. The summed E-state index contributed by atoms with van der Waals surface area (Å²) in [5, 5.41) is 16.1. The van der Waals surface area contributed by atoms with Crippen LogP contribution in [0.5, 0.6) is 0 Å². The molecule has 1 aromatic heterocycles. The molecule has 2 aliphatic heterocycles. The summed E-state index contributed by atoms with van der Waals surface area (Å²) in [7, 11) is 0. The molecule has 2 saturated heterocycles. The lowest BCUT2D eigenvalue weighted by atomic mass is 9.79. The van der Waals surface area contributed by atoms with Crippen molar-refractivity contribution in [1.29, 1.82) is 0 Å². The summed E-state index contributed by atoms with van der Waals surface area (Å²) in [5.41, 5.74) is 0.958. The normalized spacial score (nSPS) is 18.9. The molecule has 11 heteroatoms. The number of aromatic nitrogens is 1. The first-order chi connectivity index (χ1) is 13.2. The Morgan fingerprint density at radius 2 is 1.75 bits per heavy atom. The van der Waals surface area contributed by atoms with Crippen LogP contribution in [0.3, 0.4) is 0 Å². The first-order valence-electron chi connectivity index (χ1n) is 9.15. The van der Waals surface area contributed by atoms with Crippen LogP contribution in [0.1, 0.15) is 31.4 Å². The highest BCUT2D eigenvalue weighted by molar-refractivity contribution is 7.13. The Kier molecular flexibility index (Phi) is 8.05. The fourth-order valence-corrected chi connectivity index (χ4v) is 4.15. The number of hydrogen-bond acceptors (Lipinski definition) is 5. The molecule has 3 N–H and O–H groups in total. The highest BCUT2D eigenvalue weighted by atomic mass is 32.1. The SMILES string of the molecule is Cc1csc(NC(=O)N2CCC(C3CCNCC3)CC2)n1.O=C(O)C(F)(F)F. The number of anilines is 1. The Hall–Kier alpha value is -1.88. The van der Waals surface area contributed by atoms with Crippen LogP contribution in [0, 0.1) is 18.8 Å². The van der Waals surface area contributed by atoms with Crippen molar-refractivity contribution >= 4 is 28.5 Å². The van der Waals surface area contributed by atoms with E-state index < -0.39 is 12.1 Å². The third kappa shape index (κ3) is 6.93. The molecule has 3 rings (SSSR count). The van der Waals surface area contributed by atoms with Crippen molar-refractivity contribution in [3.05, 3.63) is 11.1 Å². The van der Waals surface area contributed by atoms with Crippen LogP contribution >= 0.6 is 11.3 Å². The number of hydrogen-bond donors (Lipinski definition) is 3. The number of carboxylic acids is 1. The fourth-order valence-electron chi connectivity index (χ4n) is 3.47. The van der Waals surface area contributed by atoms with E-state index in [1.54, 1.807) is 0 Å². The Labute approximate surface area is 165 Å². The number of halogens is 3. The number of carbonyl (C=O) groups excluding carboxylic acids is 1. The van der Waals surface area contributed by atoms with Gasteiger partial charge in [-0.1, -0.05) is 0 Å². The van der Waals surface area contributed by atoms with Gasteiger partial charge < -0.3 is 15.3 Å². The smallest absolute Gasteiger partial charge is 0.475 e. The minimum Gasteiger partial charge on any atom is -0.475 e. The van der Waals surface area contributed by atoms with Gasteiger partial charge in [0.2, 0.25) is 0 Å². The molecule has 3 heterocycles. The number of piperidine rings is 2. The van der Waals surface area contributed by atoms with Crippen LogP contribution in [0.15, 0.2) is 5.38 Å². The summed E-state index contributed by atoms with van der Waals surface area (Å²) >= 11 is 1.49. The van der Waals surface area contributed by atoms with Gasteiger partial charge in [-0.3, -0.25) is 5.32 Å². The van der Waals surface area contributed by atoms with Crippen LogP contribution in [0.25, 0.3) is 0 Å². The van der Waals surface area contributed by atoms with Crippen molar-refractivity contribution in [1.82, 2.24) is 15.2 Å². The predicted molar refractivity (Wildman–Crippen MR) is 99.5 cm³/mol. The summed E-state index contributed by atoms with van der Waals surface area (Å²) in [5.74, 6) is -1.09. The van der Waals surface area contributed by atoms with Crippen molar-refractivity contribution < 1.29 is 27.9 Å². The van der Waals surface area contributed by atoms with Crippen LogP contribution in [-0.4, -0.2) is 59.3 Å². The molecular weight excluding hydrogens is 397 g/mol. The molecule has 158 valence electrons. The van der Waals surface area contributed by atoms with Crippen molar-refractivity contribution in [2.75, 3.05) is 31.5 Å². The third-order valence-corrected chi connectivity index (χ3v) is 5.83. The standard InChI is InChI=1S/C15H24N4OS.C2HF3O2/c1-11-10-21-14(17-11)18-15(20)19-8-4-13(5-9-19)12-2-6-16-7-3-12;3-2(4,5)1(6)7/h10,12-13,16H,2-9H2,1H3,(H,17,18,20);(H,6,7). The molecule has 2 amide bonds. The summed E-state index contributed by atoms with van der Waals surface area (Å²) in [6.07, 6.45) is -0.186. The molecule has 0 aliphatic carbocycles. The number of thiazole rings is 1. The minimum absolute atomic E-state index is 0.00751. The first-order valence-corrected chi connectivity index (χ1v) is 10.0. The second-order valence-corrected chi connectivity index (χ2v) is 7.80. The van der Waals surface area contributed by atoms with Crippen LogP contribution < -0.4 is 10.6 Å². The Morgan fingerprint density at radius 1 is 1.21 bits per heavy atom. The van der Waals surface area contributed by atoms with Gasteiger partial charge in [0.15, 0.2) is 5.13 Å². The van der Waals surface area contributed by atoms with Gasteiger partial charge in [-0.25, -0.2) is 14.6 Å². The zero-order valence-corrected chi connectivity index (χ0v) is 16.4. The van der Waals surface area contributed by atoms with E-state index in [2.05, 4.69) is 15.6 Å². The molecule has 7 nitrogen and oxygen atoms in total. The number of likely N-dealkylation sites (tertiary alicyclic amines) is 1. The molecule has 0 saturated carbocycles. The summed E-state index contributed by atoms with van der Waals surface area (Å²) < 4.78 is 31.7.